The summed E-state index contributed by atoms with van der Waals surface area (Å²) in [4.78, 5) is 0. The molecule has 0 spiro atoms. The highest BCUT2D eigenvalue weighted by Crippen LogP contribution is 2.24. The highest BCUT2D eigenvalue weighted by Gasteiger charge is 2.12. The lowest BCUT2D eigenvalue weighted by molar-refractivity contribution is 0.506. The molecule has 0 saturated carbocycles. The van der Waals surface area contributed by atoms with Gasteiger partial charge in [-0.25, -0.2) is 8.78 Å². The highest BCUT2D eigenvalue weighted by atomic mass is 32.1. The van der Waals surface area contributed by atoms with Crippen molar-refractivity contribution in [2.75, 3.05) is 5.32 Å². The average molecular weight is 297 g/mol. The summed E-state index contributed by atoms with van der Waals surface area (Å²) in [6, 6.07) is 3.73. The molecule has 0 saturated heterocycles. The van der Waals surface area contributed by atoms with E-state index in [0.29, 0.717) is 16.6 Å². The zero-order valence-electron chi connectivity index (χ0n) is 11.7. The van der Waals surface area contributed by atoms with E-state index in [4.69, 9.17) is 0 Å². The molecular formula is C14H17F2N3S. The van der Waals surface area contributed by atoms with Gasteiger partial charge in [0.15, 0.2) is 11.6 Å². The second-order valence-electron chi connectivity index (χ2n) is 5.14. The predicted octanol–water partition coefficient (Wildman–Crippen LogP) is 4.19. The maximum absolute atomic E-state index is 13.2. The van der Waals surface area contributed by atoms with Crippen molar-refractivity contribution in [3.05, 3.63) is 40.4 Å². The Bertz CT molecular complexity index is 584. The molecule has 1 N–H and O–H groups in total. The van der Waals surface area contributed by atoms with Gasteiger partial charge in [0.25, 0.3) is 0 Å². The van der Waals surface area contributed by atoms with Crippen LogP contribution in [0.1, 0.15) is 37.4 Å². The van der Waals surface area contributed by atoms with Gasteiger partial charge in [0.1, 0.15) is 5.01 Å². The number of rotatable bonds is 5. The first-order valence-electron chi connectivity index (χ1n) is 6.49. The number of nitrogens with zero attached hydrogens (tertiary/aromatic N) is 2. The third-order valence-electron chi connectivity index (χ3n) is 2.83. The Morgan fingerprint density at radius 1 is 1.15 bits per heavy atom. The molecule has 1 aromatic carbocycles. The lowest BCUT2D eigenvalue weighted by atomic mass is 10.1. The van der Waals surface area contributed by atoms with Crippen LogP contribution in [0.15, 0.2) is 18.2 Å². The van der Waals surface area contributed by atoms with Crippen LogP contribution in [0.4, 0.5) is 13.9 Å². The summed E-state index contributed by atoms with van der Waals surface area (Å²) >= 11 is 1.49. The summed E-state index contributed by atoms with van der Waals surface area (Å²) in [7, 11) is 0. The number of aromatic nitrogens is 2. The van der Waals surface area contributed by atoms with E-state index in [1.165, 1.54) is 17.4 Å². The van der Waals surface area contributed by atoms with E-state index in [-0.39, 0.29) is 6.04 Å². The van der Waals surface area contributed by atoms with Crippen LogP contribution >= 0.6 is 11.3 Å². The Morgan fingerprint density at radius 2 is 1.90 bits per heavy atom. The Kier molecular flexibility index (Phi) is 4.65. The smallest absolute Gasteiger partial charge is 0.206 e. The van der Waals surface area contributed by atoms with Crippen molar-refractivity contribution in [1.82, 2.24) is 10.2 Å². The van der Waals surface area contributed by atoms with Gasteiger partial charge in [-0.05, 0) is 30.5 Å². The summed E-state index contributed by atoms with van der Waals surface area (Å²) < 4.78 is 26.1. The molecule has 2 aromatic rings. The van der Waals surface area contributed by atoms with Gasteiger partial charge in [-0.15, -0.1) is 10.2 Å². The number of nitrogens with one attached hydrogen (secondary N) is 1. The van der Waals surface area contributed by atoms with E-state index >= 15 is 0 Å². The van der Waals surface area contributed by atoms with Crippen LogP contribution in [0.3, 0.4) is 0 Å². The van der Waals surface area contributed by atoms with Gasteiger partial charge < -0.3 is 5.32 Å². The average Bonchev–Trinajstić information content (AvgIpc) is 2.79. The molecule has 0 radical (unpaired) electrons. The molecule has 0 aliphatic heterocycles. The Balaban J connectivity index is 2.05. The zero-order chi connectivity index (χ0) is 14.7. The first-order valence-corrected chi connectivity index (χ1v) is 7.31. The maximum Gasteiger partial charge on any atom is 0.206 e. The van der Waals surface area contributed by atoms with Crippen LogP contribution in [-0.2, 0) is 6.42 Å². The van der Waals surface area contributed by atoms with E-state index in [1.807, 2.05) is 6.92 Å². The predicted molar refractivity (Wildman–Crippen MR) is 76.8 cm³/mol. The fraction of sp³-hybridized carbons (Fsp3) is 0.429. The number of benzene rings is 1. The molecule has 1 atom stereocenters. The minimum Gasteiger partial charge on any atom is -0.354 e. The van der Waals surface area contributed by atoms with Gasteiger partial charge in [-0.1, -0.05) is 31.3 Å². The van der Waals surface area contributed by atoms with Crippen LogP contribution in [0.25, 0.3) is 0 Å². The van der Waals surface area contributed by atoms with Crippen LogP contribution in [0, 0.1) is 17.6 Å². The van der Waals surface area contributed by atoms with Crippen molar-refractivity contribution in [2.24, 2.45) is 5.92 Å². The van der Waals surface area contributed by atoms with Crippen molar-refractivity contribution in [3.8, 4) is 0 Å². The molecule has 3 nitrogen and oxygen atoms in total. The van der Waals surface area contributed by atoms with Crippen LogP contribution in [-0.4, -0.2) is 10.2 Å². The fourth-order valence-electron chi connectivity index (χ4n) is 1.79. The van der Waals surface area contributed by atoms with E-state index in [2.05, 4.69) is 29.4 Å². The molecule has 1 heterocycles. The summed E-state index contributed by atoms with van der Waals surface area (Å²) in [5, 5.41) is 13.0. The Labute approximate surface area is 121 Å². The van der Waals surface area contributed by atoms with E-state index in [0.717, 1.165) is 17.5 Å². The molecule has 0 bridgehead atoms. The second-order valence-corrected chi connectivity index (χ2v) is 6.20. The summed E-state index contributed by atoms with van der Waals surface area (Å²) in [6.45, 7) is 6.12. The Morgan fingerprint density at radius 3 is 2.55 bits per heavy atom. The molecule has 108 valence electrons. The molecule has 0 aliphatic carbocycles. The molecule has 0 aliphatic rings. The third kappa shape index (κ3) is 3.72. The van der Waals surface area contributed by atoms with Gasteiger partial charge in [0.2, 0.25) is 5.13 Å². The molecular weight excluding hydrogens is 280 g/mol. The lowest BCUT2D eigenvalue weighted by Gasteiger charge is -2.12. The standard InChI is InChI=1S/C14H17F2N3S/c1-8(2)6-13-18-19-14(20-13)17-9(3)10-4-5-11(15)12(16)7-10/h4-5,7-9H,6H2,1-3H3,(H,17,19). The number of hydrogen-bond acceptors (Lipinski definition) is 4. The van der Waals surface area contributed by atoms with Gasteiger partial charge >= 0.3 is 0 Å². The fourth-order valence-corrected chi connectivity index (χ4v) is 2.83. The zero-order valence-corrected chi connectivity index (χ0v) is 12.5. The van der Waals surface area contributed by atoms with E-state index in [1.54, 1.807) is 6.07 Å². The second kappa shape index (κ2) is 6.26. The monoisotopic (exact) mass is 297 g/mol. The third-order valence-corrected chi connectivity index (χ3v) is 3.71. The van der Waals surface area contributed by atoms with Crippen LogP contribution in [0.2, 0.25) is 0 Å². The summed E-state index contributed by atoms with van der Waals surface area (Å²) in [5.74, 6) is -1.15. The number of halogens is 2. The molecule has 0 fully saturated rings. The largest absolute Gasteiger partial charge is 0.354 e. The summed E-state index contributed by atoms with van der Waals surface area (Å²) in [6.07, 6.45) is 0.888. The highest BCUT2D eigenvalue weighted by molar-refractivity contribution is 7.15. The van der Waals surface area contributed by atoms with Gasteiger partial charge in [0.05, 0.1) is 6.04 Å². The van der Waals surface area contributed by atoms with Crippen molar-refractivity contribution < 1.29 is 8.78 Å². The number of hydrogen-bond donors (Lipinski definition) is 1. The quantitative estimate of drug-likeness (QED) is 0.899. The van der Waals surface area contributed by atoms with Crippen LogP contribution < -0.4 is 5.32 Å². The normalized spacial score (nSPS) is 12.7. The molecule has 1 aromatic heterocycles. The topological polar surface area (TPSA) is 37.8 Å². The molecule has 20 heavy (non-hydrogen) atoms. The van der Waals surface area contributed by atoms with Gasteiger partial charge in [-0.2, -0.15) is 0 Å². The van der Waals surface area contributed by atoms with Crippen molar-refractivity contribution in [2.45, 2.75) is 33.2 Å². The molecule has 1 unspecified atom stereocenters. The minimum absolute atomic E-state index is 0.162. The first kappa shape index (κ1) is 14.8. The van der Waals surface area contributed by atoms with E-state index < -0.39 is 11.6 Å². The Hall–Kier alpha value is -1.56. The van der Waals surface area contributed by atoms with Gasteiger partial charge in [-0.3, -0.25) is 0 Å². The van der Waals surface area contributed by atoms with E-state index in [9.17, 15) is 8.78 Å². The lowest BCUT2D eigenvalue weighted by Crippen LogP contribution is -2.07. The first-order chi connectivity index (χ1) is 9.45. The van der Waals surface area contributed by atoms with Crippen molar-refractivity contribution >= 4 is 16.5 Å². The number of anilines is 1. The van der Waals surface area contributed by atoms with Crippen molar-refractivity contribution in [3.63, 3.8) is 0 Å². The maximum atomic E-state index is 13.2. The van der Waals surface area contributed by atoms with Crippen LogP contribution in [0.5, 0.6) is 0 Å². The molecule has 2 rings (SSSR count). The molecule has 0 amide bonds. The van der Waals surface area contributed by atoms with Crippen molar-refractivity contribution in [1.29, 1.82) is 0 Å². The molecule has 6 heteroatoms. The van der Waals surface area contributed by atoms with Gasteiger partial charge in [0, 0.05) is 6.42 Å². The SMILES string of the molecule is CC(C)Cc1nnc(NC(C)c2ccc(F)c(F)c2)s1. The minimum atomic E-state index is -0.839. The summed E-state index contributed by atoms with van der Waals surface area (Å²) in [5.41, 5.74) is 0.671.